The van der Waals surface area contributed by atoms with E-state index in [4.69, 9.17) is 0 Å². The molecule has 4 heteroatoms. The second-order valence-electron chi connectivity index (χ2n) is 5.26. The van der Waals surface area contributed by atoms with Crippen LogP contribution in [0, 0.1) is 0 Å². The van der Waals surface area contributed by atoms with Crippen molar-refractivity contribution in [2.75, 3.05) is 11.4 Å². The molecule has 1 saturated heterocycles. The van der Waals surface area contributed by atoms with Crippen LogP contribution >= 0.6 is 0 Å². The Morgan fingerprint density at radius 1 is 1.32 bits per heavy atom. The fourth-order valence-electron chi connectivity index (χ4n) is 2.91. The fraction of sp³-hybridized carbons (Fsp3) is 0.467. The van der Waals surface area contributed by atoms with Gasteiger partial charge >= 0.3 is 0 Å². The van der Waals surface area contributed by atoms with E-state index in [1.54, 1.807) is 0 Å². The van der Waals surface area contributed by atoms with Gasteiger partial charge in [0, 0.05) is 18.8 Å². The minimum absolute atomic E-state index is 0.450. The van der Waals surface area contributed by atoms with Gasteiger partial charge < -0.3 is 4.90 Å². The third-order valence-corrected chi connectivity index (χ3v) is 3.98. The van der Waals surface area contributed by atoms with Crippen molar-refractivity contribution in [2.24, 2.45) is 0 Å². The Kier molecular flexibility index (Phi) is 3.23. The molecular weight excluding hydrogens is 238 g/mol. The Hall–Kier alpha value is -1.84. The van der Waals surface area contributed by atoms with Crippen LogP contribution in [0.25, 0.3) is 5.65 Å². The molecule has 0 aromatic carbocycles. The van der Waals surface area contributed by atoms with Crippen LogP contribution in [-0.2, 0) is 0 Å². The SMILES string of the molecule is CC1CCCCCN1c1nc2ccccn2c1C=O. The summed E-state index contributed by atoms with van der Waals surface area (Å²) < 4.78 is 1.87. The van der Waals surface area contributed by atoms with Crippen LogP contribution in [0.3, 0.4) is 0 Å². The predicted octanol–water partition coefficient (Wildman–Crippen LogP) is 2.92. The van der Waals surface area contributed by atoms with E-state index in [1.165, 1.54) is 25.7 Å². The predicted molar refractivity (Wildman–Crippen MR) is 75.9 cm³/mol. The Morgan fingerprint density at radius 2 is 2.21 bits per heavy atom. The van der Waals surface area contributed by atoms with Crippen molar-refractivity contribution in [3.8, 4) is 0 Å². The lowest BCUT2D eigenvalue weighted by Crippen LogP contribution is -2.33. The number of hydrogen-bond acceptors (Lipinski definition) is 3. The molecule has 1 fully saturated rings. The largest absolute Gasteiger partial charge is 0.352 e. The van der Waals surface area contributed by atoms with Crippen molar-refractivity contribution >= 4 is 17.8 Å². The molecule has 0 amide bonds. The molecule has 0 spiro atoms. The van der Waals surface area contributed by atoms with Gasteiger partial charge in [0.25, 0.3) is 0 Å². The zero-order valence-electron chi connectivity index (χ0n) is 11.2. The molecule has 1 aliphatic rings. The summed E-state index contributed by atoms with van der Waals surface area (Å²) in [5.41, 5.74) is 1.51. The Morgan fingerprint density at radius 3 is 3.05 bits per heavy atom. The smallest absolute Gasteiger partial charge is 0.170 e. The van der Waals surface area contributed by atoms with Crippen molar-refractivity contribution in [2.45, 2.75) is 38.6 Å². The number of rotatable bonds is 2. The van der Waals surface area contributed by atoms with Gasteiger partial charge in [-0.2, -0.15) is 0 Å². The number of pyridine rings is 1. The van der Waals surface area contributed by atoms with Gasteiger partial charge in [-0.25, -0.2) is 4.98 Å². The summed E-state index contributed by atoms with van der Waals surface area (Å²) in [4.78, 5) is 18.4. The first-order chi connectivity index (χ1) is 9.31. The van der Waals surface area contributed by atoms with Crippen molar-refractivity contribution < 1.29 is 4.79 Å². The molecule has 0 N–H and O–H groups in total. The second kappa shape index (κ2) is 5.03. The summed E-state index contributed by atoms with van der Waals surface area (Å²) in [6.07, 6.45) is 7.71. The molecule has 3 rings (SSSR count). The Labute approximate surface area is 113 Å². The van der Waals surface area contributed by atoms with E-state index in [-0.39, 0.29) is 0 Å². The first-order valence-electron chi connectivity index (χ1n) is 7.00. The molecule has 1 aliphatic heterocycles. The van der Waals surface area contributed by atoms with E-state index < -0.39 is 0 Å². The summed E-state index contributed by atoms with van der Waals surface area (Å²) >= 11 is 0. The van der Waals surface area contributed by atoms with Crippen LogP contribution in [0.15, 0.2) is 24.4 Å². The van der Waals surface area contributed by atoms with E-state index in [0.717, 1.165) is 24.3 Å². The zero-order valence-corrected chi connectivity index (χ0v) is 11.2. The summed E-state index contributed by atoms with van der Waals surface area (Å²) in [5.74, 6) is 0.843. The van der Waals surface area contributed by atoms with Gasteiger partial charge in [-0.05, 0) is 31.9 Å². The summed E-state index contributed by atoms with van der Waals surface area (Å²) in [6.45, 7) is 3.22. The summed E-state index contributed by atoms with van der Waals surface area (Å²) in [6, 6.07) is 6.27. The molecule has 100 valence electrons. The number of hydrogen-bond donors (Lipinski definition) is 0. The summed E-state index contributed by atoms with van der Waals surface area (Å²) in [7, 11) is 0. The molecule has 1 unspecified atom stereocenters. The highest BCUT2D eigenvalue weighted by Gasteiger charge is 2.23. The normalized spacial score (nSPS) is 20.5. The van der Waals surface area contributed by atoms with E-state index >= 15 is 0 Å². The number of carbonyl (C=O) groups excluding carboxylic acids is 1. The van der Waals surface area contributed by atoms with E-state index in [0.29, 0.717) is 11.7 Å². The number of carbonyl (C=O) groups is 1. The number of nitrogens with zero attached hydrogens (tertiary/aromatic N) is 3. The third-order valence-electron chi connectivity index (χ3n) is 3.98. The number of aldehydes is 1. The van der Waals surface area contributed by atoms with Crippen LogP contribution in [-0.4, -0.2) is 28.3 Å². The van der Waals surface area contributed by atoms with Crippen LogP contribution in [0.4, 0.5) is 5.82 Å². The zero-order chi connectivity index (χ0) is 13.2. The highest BCUT2D eigenvalue weighted by molar-refractivity contribution is 5.83. The third kappa shape index (κ3) is 2.11. The number of imidazole rings is 1. The van der Waals surface area contributed by atoms with E-state index in [2.05, 4.69) is 16.8 Å². The lowest BCUT2D eigenvalue weighted by Gasteiger charge is -2.27. The molecule has 0 bridgehead atoms. The summed E-state index contributed by atoms with van der Waals surface area (Å²) in [5, 5.41) is 0. The van der Waals surface area contributed by atoms with Gasteiger partial charge in [0.2, 0.25) is 0 Å². The maximum Gasteiger partial charge on any atom is 0.170 e. The topological polar surface area (TPSA) is 37.6 Å². The van der Waals surface area contributed by atoms with Gasteiger partial charge in [0.15, 0.2) is 12.1 Å². The number of anilines is 1. The fourth-order valence-corrected chi connectivity index (χ4v) is 2.91. The Balaban J connectivity index is 2.10. The number of aromatic nitrogens is 2. The van der Waals surface area contributed by atoms with Gasteiger partial charge in [-0.1, -0.05) is 18.9 Å². The lowest BCUT2D eigenvalue weighted by atomic mass is 10.1. The molecule has 0 radical (unpaired) electrons. The second-order valence-corrected chi connectivity index (χ2v) is 5.26. The number of fused-ring (bicyclic) bond motifs is 1. The molecule has 4 nitrogen and oxygen atoms in total. The standard InChI is InChI=1S/C15H19N3O/c1-12-7-3-2-5-9-17(12)15-13(11-19)18-10-6-4-8-14(18)16-15/h4,6,8,10-12H,2-3,5,7,9H2,1H3. The van der Waals surface area contributed by atoms with Crippen LogP contribution in [0.5, 0.6) is 0 Å². The van der Waals surface area contributed by atoms with Crippen LogP contribution in [0.2, 0.25) is 0 Å². The van der Waals surface area contributed by atoms with Crippen molar-refractivity contribution in [1.82, 2.24) is 9.38 Å². The minimum Gasteiger partial charge on any atom is -0.352 e. The minimum atomic E-state index is 0.450. The molecule has 3 heterocycles. The molecule has 19 heavy (non-hydrogen) atoms. The molecular formula is C15H19N3O. The lowest BCUT2D eigenvalue weighted by molar-refractivity contribution is 0.111. The average molecular weight is 257 g/mol. The van der Waals surface area contributed by atoms with Crippen LogP contribution in [0.1, 0.15) is 43.1 Å². The highest BCUT2D eigenvalue weighted by Crippen LogP contribution is 2.26. The maximum absolute atomic E-state index is 11.5. The van der Waals surface area contributed by atoms with Gasteiger partial charge in [0.1, 0.15) is 11.3 Å². The van der Waals surface area contributed by atoms with Gasteiger partial charge in [-0.15, -0.1) is 0 Å². The maximum atomic E-state index is 11.5. The molecule has 0 saturated carbocycles. The molecule has 2 aromatic heterocycles. The van der Waals surface area contributed by atoms with E-state index in [9.17, 15) is 4.79 Å². The van der Waals surface area contributed by atoms with E-state index in [1.807, 2.05) is 28.8 Å². The average Bonchev–Trinajstić information content (AvgIpc) is 2.67. The molecule has 1 atom stereocenters. The highest BCUT2D eigenvalue weighted by atomic mass is 16.1. The molecule has 2 aromatic rings. The first-order valence-corrected chi connectivity index (χ1v) is 7.00. The van der Waals surface area contributed by atoms with Crippen LogP contribution < -0.4 is 4.90 Å². The van der Waals surface area contributed by atoms with Crippen molar-refractivity contribution in [3.05, 3.63) is 30.1 Å². The molecule has 0 aliphatic carbocycles. The van der Waals surface area contributed by atoms with Crippen molar-refractivity contribution in [1.29, 1.82) is 0 Å². The Bertz CT molecular complexity index is 590. The first kappa shape index (κ1) is 12.2. The van der Waals surface area contributed by atoms with Gasteiger partial charge in [0.05, 0.1) is 0 Å². The van der Waals surface area contributed by atoms with Crippen molar-refractivity contribution in [3.63, 3.8) is 0 Å². The quantitative estimate of drug-likeness (QED) is 0.776. The van der Waals surface area contributed by atoms with Gasteiger partial charge in [-0.3, -0.25) is 9.20 Å². The monoisotopic (exact) mass is 257 g/mol.